The summed E-state index contributed by atoms with van der Waals surface area (Å²) in [7, 11) is 3.11. The fourth-order valence-electron chi connectivity index (χ4n) is 4.00. The van der Waals surface area contributed by atoms with Crippen LogP contribution in [0.2, 0.25) is 0 Å². The molecule has 0 atom stereocenters. The lowest BCUT2D eigenvalue weighted by Gasteiger charge is -2.12. The van der Waals surface area contributed by atoms with Gasteiger partial charge in [0.15, 0.2) is 16.3 Å². The van der Waals surface area contributed by atoms with Crippen LogP contribution < -0.4 is 16.6 Å². The van der Waals surface area contributed by atoms with Crippen molar-refractivity contribution in [2.45, 2.75) is 38.4 Å². The zero-order chi connectivity index (χ0) is 25.1. The van der Waals surface area contributed by atoms with Crippen LogP contribution in [-0.2, 0) is 31.9 Å². The van der Waals surface area contributed by atoms with Gasteiger partial charge >= 0.3 is 5.69 Å². The van der Waals surface area contributed by atoms with E-state index in [0.717, 1.165) is 33.4 Å². The highest BCUT2D eigenvalue weighted by Gasteiger charge is 2.19. The number of nitrogens with zero attached hydrogens (tertiary/aromatic N) is 4. The molecule has 1 N–H and O–H groups in total. The molecule has 2 aromatic heterocycles. The molecule has 0 unspecified atom stereocenters. The Kier molecular flexibility index (Phi) is 7.25. The summed E-state index contributed by atoms with van der Waals surface area (Å²) in [6.45, 7) is 4.55. The number of nitrogens with one attached hydrogen (secondary N) is 1. The molecule has 35 heavy (non-hydrogen) atoms. The standard InChI is InChI=1S/C26H29N5O3S/c1-17-9-8-12-20(18(17)2)27-21(32)14-16-35-25-28-22-23(29(3)26(34)30(4)24(22)33)31(25)15-13-19-10-6-5-7-11-19/h5-12H,13-16H2,1-4H3,(H,27,32). The largest absolute Gasteiger partial charge is 0.332 e. The first-order valence-corrected chi connectivity index (χ1v) is 12.5. The van der Waals surface area contributed by atoms with Gasteiger partial charge in [0.2, 0.25) is 5.91 Å². The third-order valence-electron chi connectivity index (χ3n) is 6.21. The lowest BCUT2D eigenvalue weighted by molar-refractivity contribution is -0.115. The Hall–Kier alpha value is -3.59. The van der Waals surface area contributed by atoms with Gasteiger partial charge in [0.25, 0.3) is 5.56 Å². The highest BCUT2D eigenvalue weighted by Crippen LogP contribution is 2.24. The molecule has 1 amide bonds. The lowest BCUT2D eigenvalue weighted by atomic mass is 10.1. The number of fused-ring (bicyclic) bond motifs is 1. The third kappa shape index (κ3) is 5.09. The topological polar surface area (TPSA) is 90.9 Å². The van der Waals surface area contributed by atoms with Crippen LogP contribution in [0.25, 0.3) is 11.2 Å². The molecular formula is C26H29N5O3S. The van der Waals surface area contributed by atoms with Crippen LogP contribution in [0.3, 0.4) is 0 Å². The van der Waals surface area contributed by atoms with Gasteiger partial charge in [0.1, 0.15) is 0 Å². The summed E-state index contributed by atoms with van der Waals surface area (Å²) in [5, 5.41) is 3.60. The Morgan fingerprint density at radius 1 is 1.00 bits per heavy atom. The van der Waals surface area contributed by atoms with E-state index in [-0.39, 0.29) is 17.8 Å². The van der Waals surface area contributed by atoms with Gasteiger partial charge in [0, 0.05) is 38.5 Å². The van der Waals surface area contributed by atoms with Crippen molar-refractivity contribution < 1.29 is 4.79 Å². The van der Waals surface area contributed by atoms with Crippen LogP contribution in [0.1, 0.15) is 23.1 Å². The van der Waals surface area contributed by atoms with Gasteiger partial charge in [-0.05, 0) is 43.0 Å². The maximum Gasteiger partial charge on any atom is 0.332 e. The molecule has 4 aromatic rings. The second-order valence-corrected chi connectivity index (χ2v) is 9.62. The Morgan fingerprint density at radius 3 is 2.49 bits per heavy atom. The van der Waals surface area contributed by atoms with Crippen molar-refractivity contribution in [1.82, 2.24) is 18.7 Å². The lowest BCUT2D eigenvalue weighted by Crippen LogP contribution is -2.37. The molecule has 182 valence electrons. The first kappa shape index (κ1) is 24.5. The van der Waals surface area contributed by atoms with Gasteiger partial charge in [-0.3, -0.25) is 18.7 Å². The normalized spacial score (nSPS) is 11.2. The van der Waals surface area contributed by atoms with Crippen LogP contribution in [0.15, 0.2) is 63.3 Å². The van der Waals surface area contributed by atoms with Crippen LogP contribution in [0.5, 0.6) is 0 Å². The summed E-state index contributed by atoms with van der Waals surface area (Å²) in [5.41, 5.74) is 4.07. The highest BCUT2D eigenvalue weighted by atomic mass is 32.2. The summed E-state index contributed by atoms with van der Waals surface area (Å²) in [6, 6.07) is 15.9. The minimum absolute atomic E-state index is 0.0820. The predicted octanol–water partition coefficient (Wildman–Crippen LogP) is 3.41. The molecule has 0 saturated carbocycles. The number of carbonyl (C=O) groups excluding carboxylic acids is 1. The molecule has 0 aliphatic rings. The van der Waals surface area contributed by atoms with E-state index in [1.165, 1.54) is 23.4 Å². The molecule has 0 bridgehead atoms. The number of rotatable bonds is 8. The van der Waals surface area contributed by atoms with Gasteiger partial charge in [-0.25, -0.2) is 9.78 Å². The molecule has 0 radical (unpaired) electrons. The van der Waals surface area contributed by atoms with E-state index in [9.17, 15) is 14.4 Å². The number of thioether (sulfide) groups is 1. The molecule has 8 nitrogen and oxygen atoms in total. The van der Waals surface area contributed by atoms with Gasteiger partial charge in [-0.2, -0.15) is 0 Å². The fourth-order valence-corrected chi connectivity index (χ4v) is 4.96. The molecule has 9 heteroatoms. The maximum atomic E-state index is 12.8. The Bertz CT molecular complexity index is 1500. The number of anilines is 1. The Balaban J connectivity index is 1.57. The minimum atomic E-state index is -0.420. The van der Waals surface area contributed by atoms with E-state index in [1.807, 2.05) is 66.9 Å². The van der Waals surface area contributed by atoms with Crippen LogP contribution in [-0.4, -0.2) is 30.3 Å². The summed E-state index contributed by atoms with van der Waals surface area (Å²) < 4.78 is 4.45. The smallest absolute Gasteiger partial charge is 0.326 e. The van der Waals surface area contributed by atoms with Crippen LogP contribution >= 0.6 is 11.8 Å². The van der Waals surface area contributed by atoms with Crippen molar-refractivity contribution in [3.05, 3.63) is 86.1 Å². The van der Waals surface area contributed by atoms with Crippen molar-refractivity contribution in [2.24, 2.45) is 14.1 Å². The number of amides is 1. The van der Waals surface area contributed by atoms with Gasteiger partial charge in [-0.1, -0.05) is 54.2 Å². The summed E-state index contributed by atoms with van der Waals surface area (Å²) in [5.74, 6) is 0.404. The Labute approximate surface area is 207 Å². The van der Waals surface area contributed by atoms with Crippen molar-refractivity contribution >= 4 is 34.5 Å². The number of imidazole rings is 1. The SMILES string of the molecule is Cc1cccc(NC(=O)CCSc2nc3c(=O)n(C)c(=O)n(C)c3n2CCc2ccccc2)c1C. The molecule has 4 rings (SSSR count). The first-order valence-electron chi connectivity index (χ1n) is 11.5. The average molecular weight is 492 g/mol. The van der Waals surface area contributed by atoms with Crippen molar-refractivity contribution in [3.63, 3.8) is 0 Å². The van der Waals surface area contributed by atoms with Crippen molar-refractivity contribution in [1.29, 1.82) is 0 Å². The maximum absolute atomic E-state index is 12.8. The van der Waals surface area contributed by atoms with E-state index in [2.05, 4.69) is 10.3 Å². The summed E-state index contributed by atoms with van der Waals surface area (Å²) >= 11 is 1.41. The fraction of sp³-hybridized carbons (Fsp3) is 0.308. The van der Waals surface area contributed by atoms with Gasteiger partial charge < -0.3 is 9.88 Å². The molecule has 0 saturated heterocycles. The van der Waals surface area contributed by atoms with Crippen LogP contribution in [0.4, 0.5) is 5.69 Å². The second-order valence-electron chi connectivity index (χ2n) is 8.55. The average Bonchev–Trinajstić information content (AvgIpc) is 3.22. The van der Waals surface area contributed by atoms with E-state index >= 15 is 0 Å². The molecule has 0 fully saturated rings. The summed E-state index contributed by atoms with van der Waals surface area (Å²) in [4.78, 5) is 42.6. The van der Waals surface area contributed by atoms with Crippen molar-refractivity contribution in [3.8, 4) is 0 Å². The van der Waals surface area contributed by atoms with E-state index in [0.29, 0.717) is 23.1 Å². The van der Waals surface area contributed by atoms with E-state index in [4.69, 9.17) is 0 Å². The number of benzene rings is 2. The summed E-state index contributed by atoms with van der Waals surface area (Å²) in [6.07, 6.45) is 1.01. The third-order valence-corrected chi connectivity index (χ3v) is 7.19. The van der Waals surface area contributed by atoms with E-state index in [1.54, 1.807) is 7.05 Å². The van der Waals surface area contributed by atoms with Crippen molar-refractivity contribution in [2.75, 3.05) is 11.1 Å². The van der Waals surface area contributed by atoms with Gasteiger partial charge in [0.05, 0.1) is 0 Å². The zero-order valence-electron chi connectivity index (χ0n) is 20.4. The second kappa shape index (κ2) is 10.4. The number of hydrogen-bond donors (Lipinski definition) is 1. The monoisotopic (exact) mass is 491 g/mol. The number of carbonyl (C=O) groups is 1. The molecule has 2 heterocycles. The minimum Gasteiger partial charge on any atom is -0.326 e. The molecule has 2 aromatic carbocycles. The van der Waals surface area contributed by atoms with E-state index < -0.39 is 11.2 Å². The Morgan fingerprint density at radius 2 is 1.74 bits per heavy atom. The molecule has 0 spiro atoms. The quantitative estimate of drug-likeness (QED) is 0.382. The predicted molar refractivity (Wildman–Crippen MR) is 140 cm³/mol. The zero-order valence-corrected chi connectivity index (χ0v) is 21.2. The molecular weight excluding hydrogens is 462 g/mol. The van der Waals surface area contributed by atoms with Crippen LogP contribution in [0, 0.1) is 13.8 Å². The number of aromatic nitrogens is 4. The first-order chi connectivity index (χ1) is 16.8. The number of hydrogen-bond acceptors (Lipinski definition) is 5. The highest BCUT2D eigenvalue weighted by molar-refractivity contribution is 7.99. The number of aryl methyl sites for hydroxylation is 4. The molecule has 0 aliphatic carbocycles. The van der Waals surface area contributed by atoms with Gasteiger partial charge in [-0.15, -0.1) is 0 Å². The molecule has 0 aliphatic heterocycles.